The summed E-state index contributed by atoms with van der Waals surface area (Å²) in [5.74, 6) is 0. The van der Waals surface area contributed by atoms with Crippen molar-refractivity contribution in [1.29, 1.82) is 0 Å². The van der Waals surface area contributed by atoms with Crippen molar-refractivity contribution in [1.82, 2.24) is 0 Å². The van der Waals surface area contributed by atoms with Gasteiger partial charge in [-0.3, -0.25) is 0 Å². The van der Waals surface area contributed by atoms with Crippen LogP contribution < -0.4 is 5.73 Å². The topological polar surface area (TPSA) is 46.2 Å². The summed E-state index contributed by atoms with van der Waals surface area (Å²) < 4.78 is 0. The molecule has 1 aliphatic rings. The minimum atomic E-state index is -0.777. The molecule has 14 heavy (non-hydrogen) atoms. The maximum Gasteiger partial charge on any atom is 0.102 e. The van der Waals surface area contributed by atoms with Gasteiger partial charge in [-0.25, -0.2) is 0 Å². The SMILES string of the molecule is Cc1ccc2c(c1)CCCC2(O)CN. The average molecular weight is 191 g/mol. The molecule has 0 fully saturated rings. The normalized spacial score (nSPS) is 25.9. The number of hydrogen-bond acceptors (Lipinski definition) is 2. The van der Waals surface area contributed by atoms with E-state index in [1.54, 1.807) is 0 Å². The first-order valence-electron chi connectivity index (χ1n) is 5.18. The number of aryl methyl sites for hydroxylation is 2. The molecule has 1 atom stereocenters. The Labute approximate surface area is 84.7 Å². The van der Waals surface area contributed by atoms with Crippen molar-refractivity contribution < 1.29 is 5.11 Å². The summed E-state index contributed by atoms with van der Waals surface area (Å²) in [5, 5.41) is 10.3. The number of rotatable bonds is 1. The van der Waals surface area contributed by atoms with Gasteiger partial charge in [-0.15, -0.1) is 0 Å². The zero-order valence-electron chi connectivity index (χ0n) is 8.59. The second-order valence-corrected chi connectivity index (χ2v) is 4.25. The number of aliphatic hydroxyl groups is 1. The highest BCUT2D eigenvalue weighted by Crippen LogP contribution is 2.34. The third kappa shape index (κ3) is 1.45. The second kappa shape index (κ2) is 3.37. The first kappa shape index (κ1) is 9.69. The van der Waals surface area contributed by atoms with Gasteiger partial charge in [-0.1, -0.05) is 23.8 Å². The number of hydrogen-bond donors (Lipinski definition) is 2. The fourth-order valence-corrected chi connectivity index (χ4v) is 2.30. The predicted molar refractivity (Wildman–Crippen MR) is 57.1 cm³/mol. The first-order valence-corrected chi connectivity index (χ1v) is 5.18. The molecule has 2 nitrogen and oxygen atoms in total. The largest absolute Gasteiger partial charge is 0.384 e. The van der Waals surface area contributed by atoms with E-state index in [9.17, 15) is 5.11 Å². The van der Waals surface area contributed by atoms with Crippen molar-refractivity contribution >= 4 is 0 Å². The average Bonchev–Trinajstić information content (AvgIpc) is 2.18. The van der Waals surface area contributed by atoms with Crippen molar-refractivity contribution in [3.63, 3.8) is 0 Å². The molecule has 0 aromatic heterocycles. The summed E-state index contributed by atoms with van der Waals surface area (Å²) in [6, 6.07) is 6.23. The minimum Gasteiger partial charge on any atom is -0.384 e. The van der Waals surface area contributed by atoms with Crippen LogP contribution in [-0.4, -0.2) is 11.7 Å². The highest BCUT2D eigenvalue weighted by molar-refractivity contribution is 5.37. The Morgan fingerprint density at radius 1 is 1.50 bits per heavy atom. The van der Waals surface area contributed by atoms with Gasteiger partial charge in [-0.05, 0) is 37.3 Å². The van der Waals surface area contributed by atoms with E-state index in [1.807, 2.05) is 12.1 Å². The lowest BCUT2D eigenvalue weighted by atomic mass is 9.79. The molecule has 76 valence electrons. The van der Waals surface area contributed by atoms with Crippen molar-refractivity contribution in [3.05, 3.63) is 34.9 Å². The monoisotopic (exact) mass is 191 g/mol. The molecule has 1 unspecified atom stereocenters. The Kier molecular flexibility index (Phi) is 2.33. The molecule has 0 aliphatic heterocycles. The third-order valence-electron chi connectivity index (χ3n) is 3.14. The van der Waals surface area contributed by atoms with Crippen molar-refractivity contribution in [2.75, 3.05) is 6.54 Å². The number of nitrogens with two attached hydrogens (primary N) is 1. The van der Waals surface area contributed by atoms with E-state index >= 15 is 0 Å². The van der Waals surface area contributed by atoms with Crippen LogP contribution in [-0.2, 0) is 12.0 Å². The minimum absolute atomic E-state index is 0.322. The Balaban J connectivity index is 2.50. The van der Waals surface area contributed by atoms with Crippen LogP contribution in [0.1, 0.15) is 29.5 Å². The van der Waals surface area contributed by atoms with E-state index < -0.39 is 5.60 Å². The van der Waals surface area contributed by atoms with Crippen molar-refractivity contribution in [2.45, 2.75) is 31.8 Å². The molecule has 1 aliphatic carbocycles. The van der Waals surface area contributed by atoms with E-state index in [4.69, 9.17) is 5.73 Å². The van der Waals surface area contributed by atoms with Crippen molar-refractivity contribution in [3.8, 4) is 0 Å². The molecule has 0 radical (unpaired) electrons. The molecule has 0 amide bonds. The molecule has 0 bridgehead atoms. The van der Waals surface area contributed by atoms with Gasteiger partial charge in [-0.2, -0.15) is 0 Å². The summed E-state index contributed by atoms with van der Waals surface area (Å²) in [6.45, 7) is 2.40. The van der Waals surface area contributed by atoms with Crippen molar-refractivity contribution in [2.24, 2.45) is 5.73 Å². The van der Waals surface area contributed by atoms with Gasteiger partial charge in [0.25, 0.3) is 0 Å². The molecular weight excluding hydrogens is 174 g/mol. The van der Waals surface area contributed by atoms with Crippen LogP contribution in [0.3, 0.4) is 0 Å². The molecule has 1 aromatic rings. The molecule has 0 saturated heterocycles. The summed E-state index contributed by atoms with van der Waals surface area (Å²) in [5.41, 5.74) is 8.43. The van der Waals surface area contributed by atoms with Gasteiger partial charge < -0.3 is 10.8 Å². The zero-order chi connectivity index (χ0) is 10.2. The summed E-state index contributed by atoms with van der Waals surface area (Å²) in [4.78, 5) is 0. The van der Waals surface area contributed by atoms with E-state index in [-0.39, 0.29) is 0 Å². The van der Waals surface area contributed by atoms with Crippen LogP contribution >= 0.6 is 0 Å². The highest BCUT2D eigenvalue weighted by Gasteiger charge is 2.32. The molecule has 0 spiro atoms. The van der Waals surface area contributed by atoms with E-state index in [1.165, 1.54) is 11.1 Å². The van der Waals surface area contributed by atoms with Crippen LogP contribution in [0.25, 0.3) is 0 Å². The van der Waals surface area contributed by atoms with Crippen LogP contribution in [0.4, 0.5) is 0 Å². The summed E-state index contributed by atoms with van der Waals surface area (Å²) in [7, 11) is 0. The van der Waals surface area contributed by atoms with Gasteiger partial charge in [0, 0.05) is 6.54 Å². The second-order valence-electron chi connectivity index (χ2n) is 4.25. The van der Waals surface area contributed by atoms with Crippen LogP contribution in [0.2, 0.25) is 0 Å². The Morgan fingerprint density at radius 2 is 2.29 bits per heavy atom. The highest BCUT2D eigenvalue weighted by atomic mass is 16.3. The lowest BCUT2D eigenvalue weighted by molar-refractivity contribution is 0.0279. The van der Waals surface area contributed by atoms with E-state index in [2.05, 4.69) is 13.0 Å². The molecule has 0 saturated carbocycles. The van der Waals surface area contributed by atoms with Crippen LogP contribution in [0, 0.1) is 6.92 Å². The third-order valence-corrected chi connectivity index (χ3v) is 3.14. The van der Waals surface area contributed by atoms with Crippen LogP contribution in [0.5, 0.6) is 0 Å². The Morgan fingerprint density at radius 3 is 3.00 bits per heavy atom. The zero-order valence-corrected chi connectivity index (χ0v) is 8.59. The summed E-state index contributed by atoms with van der Waals surface area (Å²) >= 11 is 0. The lowest BCUT2D eigenvalue weighted by Crippen LogP contribution is -2.38. The smallest absolute Gasteiger partial charge is 0.102 e. The molecular formula is C12H17NO. The molecule has 2 rings (SSSR count). The van der Waals surface area contributed by atoms with Gasteiger partial charge in [0.15, 0.2) is 0 Å². The fraction of sp³-hybridized carbons (Fsp3) is 0.500. The molecule has 0 heterocycles. The fourth-order valence-electron chi connectivity index (χ4n) is 2.30. The molecule has 2 heteroatoms. The predicted octanol–water partition coefficient (Wildman–Crippen LogP) is 1.48. The molecule has 3 N–H and O–H groups in total. The maximum atomic E-state index is 10.3. The summed E-state index contributed by atoms with van der Waals surface area (Å²) in [6.07, 6.45) is 2.89. The van der Waals surface area contributed by atoms with Crippen LogP contribution in [0.15, 0.2) is 18.2 Å². The lowest BCUT2D eigenvalue weighted by Gasteiger charge is -2.33. The van der Waals surface area contributed by atoms with Gasteiger partial charge in [0.05, 0.1) is 0 Å². The van der Waals surface area contributed by atoms with Gasteiger partial charge >= 0.3 is 0 Å². The maximum absolute atomic E-state index is 10.3. The Hall–Kier alpha value is -0.860. The van der Waals surface area contributed by atoms with E-state index in [0.29, 0.717) is 6.54 Å². The van der Waals surface area contributed by atoms with E-state index in [0.717, 1.165) is 24.8 Å². The Bertz CT molecular complexity index is 348. The number of benzene rings is 1. The van der Waals surface area contributed by atoms with Gasteiger partial charge in [0.1, 0.15) is 5.60 Å². The quantitative estimate of drug-likeness (QED) is 0.706. The standard InChI is InChI=1S/C12H17NO/c1-9-4-5-11-10(7-9)3-2-6-12(11,14)8-13/h4-5,7,14H,2-3,6,8,13H2,1H3. The first-order chi connectivity index (χ1) is 6.65. The number of fused-ring (bicyclic) bond motifs is 1. The van der Waals surface area contributed by atoms with Gasteiger partial charge in [0.2, 0.25) is 0 Å². The molecule has 1 aromatic carbocycles.